The lowest BCUT2D eigenvalue weighted by Crippen LogP contribution is -1.87. The zero-order valence-electron chi connectivity index (χ0n) is 7.93. The van der Waals surface area contributed by atoms with E-state index >= 15 is 0 Å². The van der Waals surface area contributed by atoms with Gasteiger partial charge in [-0.2, -0.15) is 0 Å². The van der Waals surface area contributed by atoms with E-state index in [1.807, 2.05) is 24.3 Å². The maximum Gasteiger partial charge on any atom is 0.159 e. The van der Waals surface area contributed by atoms with Crippen molar-refractivity contribution in [1.82, 2.24) is 0 Å². The van der Waals surface area contributed by atoms with Gasteiger partial charge in [-0.15, -0.1) is 0 Å². The van der Waals surface area contributed by atoms with E-state index in [2.05, 4.69) is 0 Å². The van der Waals surface area contributed by atoms with Crippen molar-refractivity contribution in [3.63, 3.8) is 0 Å². The molecule has 0 saturated heterocycles. The van der Waals surface area contributed by atoms with Gasteiger partial charge >= 0.3 is 0 Å². The Hall–Kier alpha value is -1.70. The van der Waals surface area contributed by atoms with E-state index in [4.69, 9.17) is 0 Å². The van der Waals surface area contributed by atoms with Crippen LogP contribution in [0.25, 0.3) is 11.1 Å². The van der Waals surface area contributed by atoms with Crippen molar-refractivity contribution >= 4 is 0 Å². The molecule has 0 heterocycles. The molecule has 0 nitrogen and oxygen atoms in total. The third kappa shape index (κ3) is 1.18. The van der Waals surface area contributed by atoms with Crippen molar-refractivity contribution < 1.29 is 8.78 Å². The predicted octanol–water partition coefficient (Wildman–Crippen LogP) is 3.54. The van der Waals surface area contributed by atoms with Gasteiger partial charge in [-0.1, -0.05) is 24.3 Å². The summed E-state index contributed by atoms with van der Waals surface area (Å²) >= 11 is 0. The van der Waals surface area contributed by atoms with Crippen LogP contribution in [0.2, 0.25) is 0 Å². The number of halogens is 2. The first-order valence-corrected chi connectivity index (χ1v) is 4.82. The molecule has 0 radical (unpaired) electrons. The van der Waals surface area contributed by atoms with Crippen molar-refractivity contribution in [2.75, 3.05) is 0 Å². The molecule has 1 aliphatic rings. The lowest BCUT2D eigenvalue weighted by molar-refractivity contribution is 0.508. The Bertz CT molecular complexity index is 544. The lowest BCUT2D eigenvalue weighted by atomic mass is 10.1. The summed E-state index contributed by atoms with van der Waals surface area (Å²) in [5.41, 5.74) is 3.85. The second-order valence-electron chi connectivity index (χ2n) is 3.76. The van der Waals surface area contributed by atoms with Crippen LogP contribution >= 0.6 is 0 Å². The first-order valence-electron chi connectivity index (χ1n) is 4.82. The molecule has 15 heavy (non-hydrogen) atoms. The molecular weight excluding hydrogens is 194 g/mol. The van der Waals surface area contributed by atoms with Crippen molar-refractivity contribution in [2.45, 2.75) is 6.42 Å². The van der Waals surface area contributed by atoms with Crippen LogP contribution in [0.4, 0.5) is 8.78 Å². The summed E-state index contributed by atoms with van der Waals surface area (Å²) in [5, 5.41) is 0. The molecule has 3 rings (SSSR count). The van der Waals surface area contributed by atoms with Gasteiger partial charge in [0.25, 0.3) is 0 Å². The minimum absolute atomic E-state index is 0.697. The highest BCUT2D eigenvalue weighted by Crippen LogP contribution is 2.37. The van der Waals surface area contributed by atoms with Gasteiger partial charge in [-0.05, 0) is 40.8 Å². The molecule has 0 aromatic heterocycles. The van der Waals surface area contributed by atoms with E-state index in [1.165, 1.54) is 12.1 Å². The quantitative estimate of drug-likeness (QED) is 0.523. The minimum Gasteiger partial charge on any atom is -0.204 e. The van der Waals surface area contributed by atoms with Crippen LogP contribution in [0.15, 0.2) is 36.4 Å². The fourth-order valence-electron chi connectivity index (χ4n) is 2.13. The van der Waals surface area contributed by atoms with Gasteiger partial charge in [0.1, 0.15) is 0 Å². The molecular formula is C13H8F2. The van der Waals surface area contributed by atoms with E-state index in [1.54, 1.807) is 0 Å². The number of benzene rings is 2. The van der Waals surface area contributed by atoms with E-state index in [9.17, 15) is 8.78 Å². The maximum atomic E-state index is 13.1. The summed E-state index contributed by atoms with van der Waals surface area (Å²) in [7, 11) is 0. The smallest absolute Gasteiger partial charge is 0.159 e. The third-order valence-corrected chi connectivity index (χ3v) is 2.83. The first kappa shape index (κ1) is 8.60. The Labute approximate surface area is 86.2 Å². The summed E-state index contributed by atoms with van der Waals surface area (Å²) in [6, 6.07) is 10.4. The Balaban J connectivity index is 2.29. The molecule has 0 unspecified atom stereocenters. The SMILES string of the molecule is Fc1cc2c(cc1F)-c1ccccc1C2. The molecule has 0 fully saturated rings. The molecule has 1 aliphatic carbocycles. The van der Waals surface area contributed by atoms with Gasteiger partial charge in [0.15, 0.2) is 11.6 Å². The van der Waals surface area contributed by atoms with Crippen molar-refractivity contribution in [2.24, 2.45) is 0 Å². The van der Waals surface area contributed by atoms with Crippen molar-refractivity contribution in [1.29, 1.82) is 0 Å². The lowest BCUT2D eigenvalue weighted by Gasteiger charge is -2.01. The van der Waals surface area contributed by atoms with Gasteiger partial charge in [-0.25, -0.2) is 8.78 Å². The average molecular weight is 202 g/mol. The van der Waals surface area contributed by atoms with Crippen LogP contribution in [-0.2, 0) is 6.42 Å². The van der Waals surface area contributed by atoms with Crippen LogP contribution < -0.4 is 0 Å². The molecule has 0 amide bonds. The summed E-state index contributed by atoms with van der Waals surface area (Å²) in [6.45, 7) is 0. The highest BCUT2D eigenvalue weighted by molar-refractivity contribution is 5.76. The molecule has 0 aliphatic heterocycles. The monoisotopic (exact) mass is 202 g/mol. The summed E-state index contributed by atoms with van der Waals surface area (Å²) in [5.74, 6) is -1.54. The van der Waals surface area contributed by atoms with E-state index < -0.39 is 11.6 Å². The fourth-order valence-corrected chi connectivity index (χ4v) is 2.13. The standard InChI is InChI=1S/C13H8F2/c14-12-6-9-5-8-3-1-2-4-10(8)11(9)7-13(12)15/h1-4,6-7H,5H2. The zero-order chi connectivity index (χ0) is 10.4. The average Bonchev–Trinajstić information content (AvgIpc) is 2.57. The second-order valence-corrected chi connectivity index (χ2v) is 3.76. The Morgan fingerprint density at radius 1 is 0.800 bits per heavy atom. The van der Waals surface area contributed by atoms with Crippen LogP contribution in [0.3, 0.4) is 0 Å². The molecule has 2 heteroatoms. The normalized spacial score (nSPS) is 12.4. The minimum atomic E-state index is -0.773. The van der Waals surface area contributed by atoms with Crippen molar-refractivity contribution in [3.8, 4) is 11.1 Å². The fraction of sp³-hybridized carbons (Fsp3) is 0.0769. The third-order valence-electron chi connectivity index (χ3n) is 2.83. The molecule has 0 spiro atoms. The first-order chi connectivity index (χ1) is 7.25. The summed E-state index contributed by atoms with van der Waals surface area (Å²) in [4.78, 5) is 0. The van der Waals surface area contributed by atoms with Gasteiger partial charge < -0.3 is 0 Å². The topological polar surface area (TPSA) is 0 Å². The number of fused-ring (bicyclic) bond motifs is 3. The highest BCUT2D eigenvalue weighted by Gasteiger charge is 2.20. The van der Waals surface area contributed by atoms with Gasteiger partial charge in [-0.3, -0.25) is 0 Å². The Morgan fingerprint density at radius 3 is 2.40 bits per heavy atom. The molecule has 0 saturated carbocycles. The van der Waals surface area contributed by atoms with E-state index in [-0.39, 0.29) is 0 Å². The van der Waals surface area contributed by atoms with Gasteiger partial charge in [0.2, 0.25) is 0 Å². The maximum absolute atomic E-state index is 13.1. The second kappa shape index (κ2) is 2.89. The summed E-state index contributed by atoms with van der Waals surface area (Å²) in [6.07, 6.45) is 0.697. The van der Waals surface area contributed by atoms with Crippen LogP contribution in [0.5, 0.6) is 0 Å². The molecule has 2 aromatic carbocycles. The van der Waals surface area contributed by atoms with Crippen LogP contribution in [0.1, 0.15) is 11.1 Å². The summed E-state index contributed by atoms with van der Waals surface area (Å²) < 4.78 is 26.1. The van der Waals surface area contributed by atoms with Crippen LogP contribution in [0, 0.1) is 11.6 Å². The number of rotatable bonds is 0. The molecule has 0 bridgehead atoms. The molecule has 0 N–H and O–H groups in total. The number of hydrogen-bond donors (Lipinski definition) is 0. The van der Waals surface area contributed by atoms with Crippen molar-refractivity contribution in [3.05, 3.63) is 59.2 Å². The largest absolute Gasteiger partial charge is 0.204 e. The predicted molar refractivity (Wildman–Crippen MR) is 54.6 cm³/mol. The van der Waals surface area contributed by atoms with Crippen LogP contribution in [-0.4, -0.2) is 0 Å². The van der Waals surface area contributed by atoms with Gasteiger partial charge in [0, 0.05) is 0 Å². The number of hydrogen-bond acceptors (Lipinski definition) is 0. The van der Waals surface area contributed by atoms with Gasteiger partial charge in [0.05, 0.1) is 0 Å². The molecule has 2 aromatic rings. The highest BCUT2D eigenvalue weighted by atomic mass is 19.2. The van der Waals surface area contributed by atoms with E-state index in [0.29, 0.717) is 6.42 Å². The molecule has 74 valence electrons. The zero-order valence-corrected chi connectivity index (χ0v) is 7.93. The Morgan fingerprint density at radius 2 is 1.53 bits per heavy atom. The van der Waals surface area contributed by atoms with E-state index in [0.717, 1.165) is 22.3 Å². The molecule has 0 atom stereocenters. The Kier molecular flexibility index (Phi) is 1.66.